The first-order chi connectivity index (χ1) is 8.49. The molecule has 0 radical (unpaired) electrons. The van der Waals surface area contributed by atoms with E-state index in [0.717, 1.165) is 23.5 Å². The van der Waals surface area contributed by atoms with Crippen LogP contribution < -0.4 is 5.32 Å². The van der Waals surface area contributed by atoms with E-state index in [-0.39, 0.29) is 0 Å². The lowest BCUT2D eigenvalue weighted by Gasteiger charge is -2.26. The number of hydrogen-bond acceptors (Lipinski definition) is 3. The Bertz CT molecular complexity index is 353. The number of halogens is 1. The van der Waals surface area contributed by atoms with E-state index in [1.165, 1.54) is 12.0 Å². The highest BCUT2D eigenvalue weighted by atomic mass is 79.9. The monoisotopic (exact) mass is 313 g/mol. The standard InChI is InChI=1S/C14H24BrN3/c1-11(2)5-14(18(3)4)10-17-8-12-6-13(15)9-16-7-12/h6-7,9,11,14,17H,5,8,10H2,1-4H3. The van der Waals surface area contributed by atoms with E-state index in [2.05, 4.69) is 65.1 Å². The summed E-state index contributed by atoms with van der Waals surface area (Å²) in [5.41, 5.74) is 1.21. The summed E-state index contributed by atoms with van der Waals surface area (Å²) >= 11 is 3.44. The van der Waals surface area contributed by atoms with E-state index in [1.807, 2.05) is 12.4 Å². The zero-order valence-corrected chi connectivity index (χ0v) is 13.4. The highest BCUT2D eigenvalue weighted by molar-refractivity contribution is 9.10. The van der Waals surface area contributed by atoms with Crippen LogP contribution in [0.2, 0.25) is 0 Å². The highest BCUT2D eigenvalue weighted by Crippen LogP contribution is 2.10. The van der Waals surface area contributed by atoms with Gasteiger partial charge >= 0.3 is 0 Å². The molecule has 0 bridgehead atoms. The minimum atomic E-state index is 0.588. The van der Waals surface area contributed by atoms with Crippen molar-refractivity contribution in [3.05, 3.63) is 28.5 Å². The molecule has 0 aliphatic carbocycles. The summed E-state index contributed by atoms with van der Waals surface area (Å²) in [6.45, 7) is 6.43. The summed E-state index contributed by atoms with van der Waals surface area (Å²) in [6, 6.07) is 2.69. The van der Waals surface area contributed by atoms with E-state index in [0.29, 0.717) is 6.04 Å². The van der Waals surface area contributed by atoms with Crippen molar-refractivity contribution in [2.45, 2.75) is 32.9 Å². The van der Waals surface area contributed by atoms with Gasteiger partial charge < -0.3 is 10.2 Å². The third kappa shape index (κ3) is 5.94. The van der Waals surface area contributed by atoms with E-state index in [1.54, 1.807) is 0 Å². The van der Waals surface area contributed by atoms with Gasteiger partial charge in [-0.15, -0.1) is 0 Å². The van der Waals surface area contributed by atoms with Crippen molar-refractivity contribution in [1.82, 2.24) is 15.2 Å². The molecule has 1 unspecified atom stereocenters. The van der Waals surface area contributed by atoms with E-state index < -0.39 is 0 Å². The van der Waals surface area contributed by atoms with Crippen molar-refractivity contribution >= 4 is 15.9 Å². The van der Waals surface area contributed by atoms with Gasteiger partial charge in [0.05, 0.1) is 0 Å². The minimum Gasteiger partial charge on any atom is -0.311 e. The summed E-state index contributed by atoms with van der Waals surface area (Å²) in [4.78, 5) is 6.47. The van der Waals surface area contributed by atoms with Gasteiger partial charge in [-0.3, -0.25) is 4.98 Å². The molecular weight excluding hydrogens is 290 g/mol. The SMILES string of the molecule is CC(C)CC(CNCc1cncc(Br)c1)N(C)C. The van der Waals surface area contributed by atoms with Crippen LogP contribution in [0.4, 0.5) is 0 Å². The van der Waals surface area contributed by atoms with Crippen LogP contribution in [0.1, 0.15) is 25.8 Å². The van der Waals surface area contributed by atoms with Crippen LogP contribution in [0.25, 0.3) is 0 Å². The van der Waals surface area contributed by atoms with Crippen molar-refractivity contribution in [3.8, 4) is 0 Å². The quantitative estimate of drug-likeness (QED) is 0.839. The zero-order valence-electron chi connectivity index (χ0n) is 11.8. The van der Waals surface area contributed by atoms with Gasteiger partial charge in [-0.2, -0.15) is 0 Å². The van der Waals surface area contributed by atoms with Crippen molar-refractivity contribution in [2.75, 3.05) is 20.6 Å². The number of likely N-dealkylation sites (N-methyl/N-ethyl adjacent to an activating group) is 1. The van der Waals surface area contributed by atoms with E-state index in [4.69, 9.17) is 0 Å². The molecule has 0 fully saturated rings. The first-order valence-corrected chi connectivity index (χ1v) is 7.25. The molecule has 0 saturated carbocycles. The van der Waals surface area contributed by atoms with Crippen molar-refractivity contribution in [1.29, 1.82) is 0 Å². The maximum Gasteiger partial charge on any atom is 0.0410 e. The van der Waals surface area contributed by atoms with Gasteiger partial charge in [0.15, 0.2) is 0 Å². The lowest BCUT2D eigenvalue weighted by atomic mass is 10.0. The highest BCUT2D eigenvalue weighted by Gasteiger charge is 2.12. The Morgan fingerprint density at radius 2 is 2.06 bits per heavy atom. The fourth-order valence-corrected chi connectivity index (χ4v) is 2.37. The van der Waals surface area contributed by atoms with E-state index in [9.17, 15) is 0 Å². The largest absolute Gasteiger partial charge is 0.311 e. The second kappa shape index (κ2) is 7.87. The smallest absolute Gasteiger partial charge is 0.0410 e. The van der Waals surface area contributed by atoms with Gasteiger partial charge in [0.2, 0.25) is 0 Å². The summed E-state index contributed by atoms with van der Waals surface area (Å²) in [5.74, 6) is 0.728. The topological polar surface area (TPSA) is 28.2 Å². The molecule has 0 aromatic carbocycles. The fraction of sp³-hybridized carbons (Fsp3) is 0.643. The maximum atomic E-state index is 4.17. The van der Waals surface area contributed by atoms with Gasteiger partial charge in [0, 0.05) is 36.0 Å². The van der Waals surface area contributed by atoms with Crippen molar-refractivity contribution in [2.24, 2.45) is 5.92 Å². The number of rotatable bonds is 7. The summed E-state index contributed by atoms with van der Waals surface area (Å²) in [7, 11) is 4.30. The Balaban J connectivity index is 2.39. The molecule has 0 aliphatic heterocycles. The van der Waals surface area contributed by atoms with E-state index >= 15 is 0 Å². The molecule has 4 heteroatoms. The Hall–Kier alpha value is -0.450. The van der Waals surface area contributed by atoms with Crippen molar-refractivity contribution in [3.63, 3.8) is 0 Å². The molecule has 1 heterocycles. The van der Waals surface area contributed by atoms with Crippen LogP contribution >= 0.6 is 15.9 Å². The molecule has 0 aliphatic rings. The molecule has 1 aromatic heterocycles. The minimum absolute atomic E-state index is 0.588. The van der Waals surface area contributed by atoms with Crippen LogP contribution in [0.3, 0.4) is 0 Å². The summed E-state index contributed by atoms with van der Waals surface area (Å²) in [6.07, 6.45) is 4.94. The van der Waals surface area contributed by atoms with Crippen LogP contribution in [0.15, 0.2) is 22.9 Å². The number of hydrogen-bond donors (Lipinski definition) is 1. The molecule has 1 atom stereocenters. The van der Waals surface area contributed by atoms with Crippen LogP contribution in [0.5, 0.6) is 0 Å². The number of nitrogens with one attached hydrogen (secondary N) is 1. The Labute approximate surface area is 119 Å². The first-order valence-electron chi connectivity index (χ1n) is 6.45. The molecular formula is C14H24BrN3. The molecule has 102 valence electrons. The van der Waals surface area contributed by atoms with Gasteiger partial charge in [-0.1, -0.05) is 13.8 Å². The molecule has 18 heavy (non-hydrogen) atoms. The van der Waals surface area contributed by atoms with Gasteiger partial charge in [0.1, 0.15) is 0 Å². The maximum absolute atomic E-state index is 4.17. The normalized spacial score (nSPS) is 13.3. The summed E-state index contributed by atoms with van der Waals surface area (Å²) < 4.78 is 1.04. The number of aromatic nitrogens is 1. The fourth-order valence-electron chi connectivity index (χ4n) is 1.96. The Morgan fingerprint density at radius 1 is 1.33 bits per heavy atom. The van der Waals surface area contributed by atoms with Crippen LogP contribution in [-0.4, -0.2) is 36.6 Å². The van der Waals surface area contributed by atoms with Crippen LogP contribution in [0, 0.1) is 5.92 Å². The lowest BCUT2D eigenvalue weighted by Crippen LogP contribution is -2.38. The van der Waals surface area contributed by atoms with Crippen LogP contribution in [-0.2, 0) is 6.54 Å². The zero-order chi connectivity index (χ0) is 13.5. The Morgan fingerprint density at radius 3 is 2.61 bits per heavy atom. The molecule has 3 nitrogen and oxygen atoms in total. The second-order valence-corrected chi connectivity index (χ2v) is 6.30. The van der Waals surface area contributed by atoms with Gasteiger partial charge in [0.25, 0.3) is 0 Å². The number of nitrogens with zero attached hydrogens (tertiary/aromatic N) is 2. The predicted octanol–water partition coefficient (Wildman–Crippen LogP) is 2.91. The molecule has 0 saturated heterocycles. The number of pyridine rings is 1. The van der Waals surface area contributed by atoms with Gasteiger partial charge in [-0.05, 0) is 54.0 Å². The first kappa shape index (κ1) is 15.6. The molecule has 0 amide bonds. The lowest BCUT2D eigenvalue weighted by molar-refractivity contribution is 0.246. The molecule has 1 aromatic rings. The average molecular weight is 314 g/mol. The second-order valence-electron chi connectivity index (χ2n) is 5.39. The van der Waals surface area contributed by atoms with Crippen molar-refractivity contribution < 1.29 is 0 Å². The average Bonchev–Trinajstić information content (AvgIpc) is 2.27. The summed E-state index contributed by atoms with van der Waals surface area (Å²) in [5, 5.41) is 3.51. The van der Waals surface area contributed by atoms with Gasteiger partial charge in [-0.25, -0.2) is 0 Å². The molecule has 1 N–H and O–H groups in total. The predicted molar refractivity (Wildman–Crippen MR) is 80.6 cm³/mol. The third-order valence-electron chi connectivity index (χ3n) is 2.94. The molecule has 0 spiro atoms. The Kier molecular flexibility index (Phi) is 6.82. The molecule has 1 rings (SSSR count). The third-order valence-corrected chi connectivity index (χ3v) is 3.38.